The summed E-state index contributed by atoms with van der Waals surface area (Å²) in [7, 11) is 0. The van der Waals surface area contributed by atoms with Crippen LogP contribution < -0.4 is 14.8 Å². The SMILES string of the molecule is O=C(Cc1cc2c(cc1Br)OCCO2)NC1(C(=O)O)CCCC1. The molecule has 1 fully saturated rings. The molecule has 124 valence electrons. The van der Waals surface area contributed by atoms with E-state index in [9.17, 15) is 14.7 Å². The second-order valence-corrected chi connectivity index (χ2v) is 6.76. The molecule has 3 rings (SSSR count). The predicted molar refractivity (Wildman–Crippen MR) is 85.8 cm³/mol. The first-order valence-corrected chi connectivity index (χ1v) is 8.42. The molecule has 1 aromatic rings. The molecule has 1 amide bonds. The second kappa shape index (κ2) is 6.39. The zero-order chi connectivity index (χ0) is 16.4. The van der Waals surface area contributed by atoms with Crippen molar-refractivity contribution >= 4 is 27.8 Å². The smallest absolute Gasteiger partial charge is 0.329 e. The van der Waals surface area contributed by atoms with Crippen LogP contribution >= 0.6 is 15.9 Å². The van der Waals surface area contributed by atoms with Crippen LogP contribution in [0.15, 0.2) is 16.6 Å². The molecule has 2 N–H and O–H groups in total. The molecule has 1 aromatic carbocycles. The fourth-order valence-electron chi connectivity index (χ4n) is 3.10. The summed E-state index contributed by atoms with van der Waals surface area (Å²) in [6.45, 7) is 0.975. The fourth-order valence-corrected chi connectivity index (χ4v) is 3.56. The molecule has 0 radical (unpaired) electrons. The van der Waals surface area contributed by atoms with E-state index in [1.54, 1.807) is 12.1 Å². The minimum atomic E-state index is -1.11. The van der Waals surface area contributed by atoms with Crippen LogP contribution in [0.4, 0.5) is 0 Å². The van der Waals surface area contributed by atoms with Gasteiger partial charge in [-0.25, -0.2) is 4.79 Å². The Hall–Kier alpha value is -1.76. The first-order valence-electron chi connectivity index (χ1n) is 7.63. The van der Waals surface area contributed by atoms with Gasteiger partial charge in [-0.15, -0.1) is 0 Å². The van der Waals surface area contributed by atoms with Crippen LogP contribution in [0.5, 0.6) is 11.5 Å². The van der Waals surface area contributed by atoms with Gasteiger partial charge in [0.25, 0.3) is 0 Å². The molecule has 0 saturated heterocycles. The van der Waals surface area contributed by atoms with Crippen molar-refractivity contribution in [2.45, 2.75) is 37.6 Å². The van der Waals surface area contributed by atoms with Crippen molar-refractivity contribution < 1.29 is 24.2 Å². The topological polar surface area (TPSA) is 84.9 Å². The maximum atomic E-state index is 12.3. The Labute approximate surface area is 142 Å². The number of halogens is 1. The zero-order valence-electron chi connectivity index (χ0n) is 12.6. The Morgan fingerprint density at radius 1 is 1.17 bits per heavy atom. The lowest BCUT2D eigenvalue weighted by Gasteiger charge is -2.25. The van der Waals surface area contributed by atoms with Gasteiger partial charge in [0.05, 0.1) is 6.42 Å². The Morgan fingerprint density at radius 3 is 2.39 bits per heavy atom. The molecule has 1 aliphatic carbocycles. The summed E-state index contributed by atoms with van der Waals surface area (Å²) >= 11 is 3.43. The van der Waals surface area contributed by atoms with Crippen molar-refractivity contribution in [2.75, 3.05) is 13.2 Å². The molecular formula is C16H18BrNO5. The largest absolute Gasteiger partial charge is 0.486 e. The number of carbonyl (C=O) groups is 2. The van der Waals surface area contributed by atoms with Crippen molar-refractivity contribution in [1.29, 1.82) is 0 Å². The molecule has 0 unspecified atom stereocenters. The number of amides is 1. The van der Waals surface area contributed by atoms with Crippen molar-refractivity contribution in [3.63, 3.8) is 0 Å². The van der Waals surface area contributed by atoms with Crippen molar-refractivity contribution in [3.05, 3.63) is 22.2 Å². The lowest BCUT2D eigenvalue weighted by Crippen LogP contribution is -2.52. The summed E-state index contributed by atoms with van der Waals surface area (Å²) in [4.78, 5) is 23.8. The molecule has 0 spiro atoms. The number of carbonyl (C=O) groups excluding carboxylic acids is 1. The number of carboxylic acid groups (broad SMARTS) is 1. The van der Waals surface area contributed by atoms with Gasteiger partial charge in [-0.2, -0.15) is 0 Å². The monoisotopic (exact) mass is 383 g/mol. The number of fused-ring (bicyclic) bond motifs is 1. The summed E-state index contributed by atoms with van der Waals surface area (Å²) in [5.74, 6) is -0.00239. The highest BCUT2D eigenvalue weighted by atomic mass is 79.9. The Morgan fingerprint density at radius 2 is 1.78 bits per heavy atom. The molecule has 6 nitrogen and oxygen atoms in total. The first-order chi connectivity index (χ1) is 11.0. The maximum absolute atomic E-state index is 12.3. The number of ether oxygens (including phenoxy) is 2. The van der Waals surface area contributed by atoms with Gasteiger partial charge in [-0.3, -0.25) is 4.79 Å². The number of rotatable bonds is 4. The van der Waals surface area contributed by atoms with Gasteiger partial charge in [0.2, 0.25) is 5.91 Å². The van der Waals surface area contributed by atoms with E-state index in [-0.39, 0.29) is 12.3 Å². The van der Waals surface area contributed by atoms with Crippen molar-refractivity contribution in [2.24, 2.45) is 0 Å². The molecule has 1 heterocycles. The summed E-state index contributed by atoms with van der Waals surface area (Å²) in [6, 6.07) is 3.54. The highest BCUT2D eigenvalue weighted by Crippen LogP contribution is 2.36. The van der Waals surface area contributed by atoms with Crippen LogP contribution in [0.25, 0.3) is 0 Å². The molecule has 0 aromatic heterocycles. The maximum Gasteiger partial charge on any atom is 0.329 e. The lowest BCUT2D eigenvalue weighted by molar-refractivity contribution is -0.147. The Bertz CT molecular complexity index is 640. The summed E-state index contributed by atoms with van der Waals surface area (Å²) in [5.41, 5.74) is -0.373. The van der Waals surface area contributed by atoms with Crippen LogP contribution in [0.3, 0.4) is 0 Å². The number of nitrogens with one attached hydrogen (secondary N) is 1. The Balaban J connectivity index is 1.74. The van der Waals surface area contributed by atoms with Crippen LogP contribution in [0.2, 0.25) is 0 Å². The van der Waals surface area contributed by atoms with E-state index in [0.29, 0.717) is 37.6 Å². The standard InChI is InChI=1S/C16H18BrNO5/c17-11-9-13-12(22-5-6-23-13)7-10(11)8-14(19)18-16(15(20)21)3-1-2-4-16/h7,9H,1-6,8H2,(H,18,19)(H,20,21). The number of aliphatic carboxylic acids is 1. The molecule has 0 atom stereocenters. The molecule has 1 saturated carbocycles. The summed E-state index contributed by atoms with van der Waals surface area (Å²) in [6.07, 6.45) is 2.69. The van der Waals surface area contributed by atoms with Crippen molar-refractivity contribution in [3.8, 4) is 11.5 Å². The highest BCUT2D eigenvalue weighted by molar-refractivity contribution is 9.10. The van der Waals surface area contributed by atoms with Gasteiger partial charge < -0.3 is 19.9 Å². The number of benzene rings is 1. The third-order valence-corrected chi connectivity index (χ3v) is 5.05. The number of hydrogen-bond acceptors (Lipinski definition) is 4. The van der Waals surface area contributed by atoms with Gasteiger partial charge >= 0.3 is 5.97 Å². The molecule has 1 aliphatic heterocycles. The number of carboxylic acids is 1. The van der Waals surface area contributed by atoms with Crippen LogP contribution in [-0.4, -0.2) is 35.7 Å². The van der Waals surface area contributed by atoms with E-state index >= 15 is 0 Å². The Kier molecular flexibility index (Phi) is 4.48. The van der Waals surface area contributed by atoms with E-state index < -0.39 is 11.5 Å². The zero-order valence-corrected chi connectivity index (χ0v) is 14.1. The van der Waals surface area contributed by atoms with Crippen molar-refractivity contribution in [1.82, 2.24) is 5.32 Å². The van der Waals surface area contributed by atoms with Crippen LogP contribution in [0, 0.1) is 0 Å². The van der Waals surface area contributed by atoms with Crippen LogP contribution in [-0.2, 0) is 16.0 Å². The molecule has 23 heavy (non-hydrogen) atoms. The molecule has 0 bridgehead atoms. The third-order valence-electron chi connectivity index (χ3n) is 4.31. The molecule has 7 heteroatoms. The van der Waals surface area contributed by atoms with Gasteiger partial charge in [-0.05, 0) is 30.5 Å². The predicted octanol–water partition coefficient (Wildman–Crippen LogP) is 2.28. The highest BCUT2D eigenvalue weighted by Gasteiger charge is 2.42. The van der Waals surface area contributed by atoms with Gasteiger partial charge in [-0.1, -0.05) is 28.8 Å². The quantitative estimate of drug-likeness (QED) is 0.832. The third kappa shape index (κ3) is 3.29. The van der Waals surface area contributed by atoms with E-state index in [1.807, 2.05) is 0 Å². The van der Waals surface area contributed by atoms with E-state index in [4.69, 9.17) is 9.47 Å². The van der Waals surface area contributed by atoms with E-state index in [0.717, 1.165) is 22.9 Å². The minimum Gasteiger partial charge on any atom is -0.486 e. The van der Waals surface area contributed by atoms with Gasteiger partial charge in [0, 0.05) is 4.47 Å². The number of hydrogen-bond donors (Lipinski definition) is 2. The summed E-state index contributed by atoms with van der Waals surface area (Å²) < 4.78 is 11.7. The first kappa shape index (κ1) is 16.1. The lowest BCUT2D eigenvalue weighted by atomic mass is 9.97. The van der Waals surface area contributed by atoms with Gasteiger partial charge in [0.15, 0.2) is 11.5 Å². The van der Waals surface area contributed by atoms with Crippen LogP contribution in [0.1, 0.15) is 31.2 Å². The minimum absolute atomic E-state index is 0.0895. The average molecular weight is 384 g/mol. The fraction of sp³-hybridized carbons (Fsp3) is 0.500. The normalized spacial score (nSPS) is 18.5. The summed E-state index contributed by atoms with van der Waals surface area (Å²) in [5, 5.41) is 12.1. The molecular weight excluding hydrogens is 366 g/mol. The van der Waals surface area contributed by atoms with Gasteiger partial charge in [0.1, 0.15) is 18.8 Å². The second-order valence-electron chi connectivity index (χ2n) is 5.91. The molecule has 2 aliphatic rings. The average Bonchev–Trinajstić information content (AvgIpc) is 2.98. The van der Waals surface area contributed by atoms with E-state index in [1.165, 1.54) is 0 Å². The van der Waals surface area contributed by atoms with E-state index in [2.05, 4.69) is 21.2 Å².